The zero-order valence-corrected chi connectivity index (χ0v) is 17.4. The number of ether oxygens (including phenoxy) is 1. The quantitative estimate of drug-likeness (QED) is 0.440. The van der Waals surface area contributed by atoms with E-state index in [9.17, 15) is 4.79 Å². The summed E-state index contributed by atoms with van der Waals surface area (Å²) < 4.78 is 13.1. The summed E-state index contributed by atoms with van der Waals surface area (Å²) in [4.78, 5) is 12.2. The molecule has 0 spiro atoms. The lowest BCUT2D eigenvalue weighted by molar-refractivity contribution is 0.485. The van der Waals surface area contributed by atoms with Crippen molar-refractivity contribution in [1.29, 1.82) is 0 Å². The van der Waals surface area contributed by atoms with E-state index in [4.69, 9.17) is 4.74 Å². The van der Waals surface area contributed by atoms with E-state index in [0.29, 0.717) is 11.5 Å². The van der Waals surface area contributed by atoms with E-state index in [2.05, 4.69) is 15.3 Å². The van der Waals surface area contributed by atoms with Gasteiger partial charge in [-0.2, -0.15) is 5.10 Å². The first-order chi connectivity index (χ1) is 15.0. The fourth-order valence-electron chi connectivity index (χ4n) is 3.66. The predicted octanol–water partition coefficient (Wildman–Crippen LogP) is 3.13. The smallest absolute Gasteiger partial charge is 0.332 e. The Morgan fingerprint density at radius 2 is 1.87 bits per heavy atom. The first-order valence-electron chi connectivity index (χ1n) is 9.91. The highest BCUT2D eigenvalue weighted by Gasteiger charge is 2.15. The van der Waals surface area contributed by atoms with Crippen LogP contribution in [0.3, 0.4) is 0 Å². The molecule has 0 atom stereocenters. The van der Waals surface area contributed by atoms with Gasteiger partial charge >= 0.3 is 5.69 Å². The number of imidazole rings is 1. The van der Waals surface area contributed by atoms with Crippen LogP contribution < -0.4 is 10.4 Å². The fraction of sp³-hybridized carbons (Fsp3) is 0.182. The van der Waals surface area contributed by atoms with Gasteiger partial charge in [0.1, 0.15) is 17.6 Å². The summed E-state index contributed by atoms with van der Waals surface area (Å²) in [6.07, 6.45) is 6.99. The molecule has 0 aliphatic carbocycles. The van der Waals surface area contributed by atoms with E-state index in [1.165, 1.54) is 4.57 Å². The SMILES string of the molecule is CCn1cnnc1-c1cc(Oc2ccc(-n3ccn(C)c3=O)cc2)c2c(cnn2C)c1. The molecular weight excluding hydrogens is 394 g/mol. The second kappa shape index (κ2) is 7.28. The van der Waals surface area contributed by atoms with Crippen molar-refractivity contribution in [2.75, 3.05) is 0 Å². The summed E-state index contributed by atoms with van der Waals surface area (Å²) in [5.41, 5.74) is 2.46. The Labute approximate surface area is 177 Å². The van der Waals surface area contributed by atoms with Gasteiger partial charge in [-0.1, -0.05) is 0 Å². The lowest BCUT2D eigenvalue weighted by Gasteiger charge is -2.11. The average molecular weight is 415 g/mol. The molecule has 0 N–H and O–H groups in total. The molecule has 0 bridgehead atoms. The molecule has 0 saturated carbocycles. The van der Waals surface area contributed by atoms with Crippen LogP contribution in [0.4, 0.5) is 0 Å². The van der Waals surface area contributed by atoms with Crippen LogP contribution in [0, 0.1) is 0 Å². The van der Waals surface area contributed by atoms with Crippen molar-refractivity contribution >= 4 is 10.9 Å². The van der Waals surface area contributed by atoms with Crippen LogP contribution in [0.15, 0.2) is 66.1 Å². The largest absolute Gasteiger partial charge is 0.455 e. The van der Waals surface area contributed by atoms with E-state index in [1.54, 1.807) is 35.0 Å². The number of aryl methyl sites for hydroxylation is 3. The average Bonchev–Trinajstić information content (AvgIpc) is 3.49. The van der Waals surface area contributed by atoms with Crippen LogP contribution in [-0.2, 0) is 20.6 Å². The van der Waals surface area contributed by atoms with Gasteiger partial charge in [0.25, 0.3) is 0 Å². The molecule has 3 heterocycles. The summed E-state index contributed by atoms with van der Waals surface area (Å²) in [5.74, 6) is 2.10. The molecule has 0 fully saturated rings. The molecule has 0 aliphatic heterocycles. The summed E-state index contributed by atoms with van der Waals surface area (Å²) in [7, 11) is 3.61. The van der Waals surface area contributed by atoms with E-state index in [1.807, 2.05) is 61.1 Å². The molecule has 9 heteroatoms. The number of benzene rings is 2. The molecule has 0 amide bonds. The second-order valence-electron chi connectivity index (χ2n) is 7.28. The Morgan fingerprint density at radius 3 is 2.58 bits per heavy atom. The number of fused-ring (bicyclic) bond motifs is 1. The number of aromatic nitrogens is 7. The summed E-state index contributed by atoms with van der Waals surface area (Å²) in [5, 5.41) is 13.6. The second-order valence-corrected chi connectivity index (χ2v) is 7.28. The molecule has 31 heavy (non-hydrogen) atoms. The number of nitrogens with zero attached hydrogens (tertiary/aromatic N) is 7. The van der Waals surface area contributed by atoms with E-state index >= 15 is 0 Å². The normalized spacial score (nSPS) is 11.3. The summed E-state index contributed by atoms with van der Waals surface area (Å²) in [6, 6.07) is 11.4. The minimum absolute atomic E-state index is 0.0991. The molecule has 0 aliphatic rings. The predicted molar refractivity (Wildman–Crippen MR) is 116 cm³/mol. The zero-order valence-electron chi connectivity index (χ0n) is 17.4. The van der Waals surface area contributed by atoms with E-state index in [0.717, 1.165) is 34.5 Å². The number of hydrogen-bond acceptors (Lipinski definition) is 5. The highest BCUT2D eigenvalue weighted by molar-refractivity contribution is 5.89. The van der Waals surface area contributed by atoms with Gasteiger partial charge in [-0.3, -0.25) is 9.25 Å². The molecule has 9 nitrogen and oxygen atoms in total. The van der Waals surface area contributed by atoms with Crippen LogP contribution in [0.5, 0.6) is 11.5 Å². The van der Waals surface area contributed by atoms with E-state index < -0.39 is 0 Å². The Balaban J connectivity index is 1.54. The molecule has 0 saturated heterocycles. The standard InChI is InChI=1S/C22H21N7O2/c1-4-28-14-23-25-21(28)15-11-16-13-24-27(3)20(16)19(12-15)31-18-7-5-17(6-8-18)29-10-9-26(2)22(29)30/h5-14H,4H2,1-3H3. The molecular formula is C22H21N7O2. The lowest BCUT2D eigenvalue weighted by atomic mass is 10.1. The van der Waals surface area contributed by atoms with Crippen molar-refractivity contribution in [3.8, 4) is 28.6 Å². The molecule has 5 aromatic rings. The molecule has 0 radical (unpaired) electrons. The highest BCUT2D eigenvalue weighted by Crippen LogP contribution is 2.34. The monoisotopic (exact) mass is 415 g/mol. The third-order valence-electron chi connectivity index (χ3n) is 5.30. The molecule has 5 rings (SSSR count). The van der Waals surface area contributed by atoms with E-state index in [-0.39, 0.29) is 5.69 Å². The van der Waals surface area contributed by atoms with Crippen LogP contribution in [0.2, 0.25) is 0 Å². The zero-order chi connectivity index (χ0) is 21.5. The minimum atomic E-state index is -0.0991. The van der Waals surface area contributed by atoms with Gasteiger partial charge in [0.15, 0.2) is 11.6 Å². The van der Waals surface area contributed by atoms with Crippen LogP contribution in [0.25, 0.3) is 28.0 Å². The van der Waals surface area contributed by atoms with Crippen molar-refractivity contribution in [3.63, 3.8) is 0 Å². The number of rotatable bonds is 5. The highest BCUT2D eigenvalue weighted by atomic mass is 16.5. The Bertz CT molecular complexity index is 1440. The topological polar surface area (TPSA) is 84.7 Å². The van der Waals surface area contributed by atoms with Crippen molar-refractivity contribution < 1.29 is 4.74 Å². The third kappa shape index (κ3) is 3.20. The van der Waals surface area contributed by atoms with Gasteiger partial charge in [-0.05, 0) is 43.3 Å². The molecule has 0 unspecified atom stereocenters. The maximum Gasteiger partial charge on any atom is 0.332 e. The Hall–Kier alpha value is -4.14. The van der Waals surface area contributed by atoms with Crippen LogP contribution in [0.1, 0.15) is 6.92 Å². The van der Waals surface area contributed by atoms with Gasteiger partial charge < -0.3 is 13.9 Å². The van der Waals surface area contributed by atoms with Crippen molar-refractivity contribution in [1.82, 2.24) is 33.7 Å². The number of hydrogen-bond donors (Lipinski definition) is 0. The first-order valence-corrected chi connectivity index (χ1v) is 9.91. The van der Waals surface area contributed by atoms with Gasteiger partial charge in [0.2, 0.25) is 0 Å². The molecule has 2 aromatic carbocycles. The first kappa shape index (κ1) is 18.9. The van der Waals surface area contributed by atoms with Crippen LogP contribution >= 0.6 is 0 Å². The van der Waals surface area contributed by atoms with Crippen molar-refractivity contribution in [3.05, 3.63) is 71.8 Å². The van der Waals surface area contributed by atoms with Crippen molar-refractivity contribution in [2.24, 2.45) is 14.1 Å². The van der Waals surface area contributed by atoms with Gasteiger partial charge in [-0.15, -0.1) is 10.2 Å². The summed E-state index contributed by atoms with van der Waals surface area (Å²) >= 11 is 0. The maximum absolute atomic E-state index is 12.2. The van der Waals surface area contributed by atoms with Gasteiger partial charge in [0.05, 0.1) is 11.9 Å². The lowest BCUT2D eigenvalue weighted by Crippen LogP contribution is -2.20. The summed E-state index contributed by atoms with van der Waals surface area (Å²) in [6.45, 7) is 2.82. The van der Waals surface area contributed by atoms with Gasteiger partial charge in [0, 0.05) is 44.0 Å². The van der Waals surface area contributed by atoms with Gasteiger partial charge in [-0.25, -0.2) is 4.79 Å². The third-order valence-corrected chi connectivity index (χ3v) is 5.30. The Kier molecular flexibility index (Phi) is 4.43. The maximum atomic E-state index is 12.2. The molecule has 156 valence electrons. The van der Waals surface area contributed by atoms with Crippen LogP contribution in [-0.4, -0.2) is 33.7 Å². The Morgan fingerprint density at radius 1 is 1.06 bits per heavy atom. The van der Waals surface area contributed by atoms with Crippen molar-refractivity contribution in [2.45, 2.75) is 13.5 Å². The fourth-order valence-corrected chi connectivity index (χ4v) is 3.66. The minimum Gasteiger partial charge on any atom is -0.455 e. The molecule has 3 aromatic heterocycles.